The summed E-state index contributed by atoms with van der Waals surface area (Å²) in [5.74, 6) is 0.512. The number of hydrogen-bond acceptors (Lipinski definition) is 3. The van der Waals surface area contributed by atoms with Crippen LogP contribution in [0.5, 0.6) is 0 Å². The lowest BCUT2D eigenvalue weighted by atomic mass is 9.98. The highest BCUT2D eigenvalue weighted by molar-refractivity contribution is 5.77. The molecule has 1 aromatic rings. The van der Waals surface area contributed by atoms with Gasteiger partial charge in [-0.1, -0.05) is 6.92 Å². The molecular formula is C14H21N3O. The third-order valence-electron chi connectivity index (χ3n) is 3.48. The van der Waals surface area contributed by atoms with Gasteiger partial charge < -0.3 is 10.2 Å². The predicted molar refractivity (Wildman–Crippen MR) is 71.3 cm³/mol. The standard InChI is InChI=1S/C14H21N3O/c1-11(13-3-5-15-6-4-13)9-14(18)17-8-7-16-12(2)10-17/h3-6,11-12,16H,7-10H2,1-2H3/t11-,12-/m0/s1. The average Bonchev–Trinajstić information content (AvgIpc) is 2.39. The average molecular weight is 247 g/mol. The molecule has 0 bridgehead atoms. The smallest absolute Gasteiger partial charge is 0.223 e. The summed E-state index contributed by atoms with van der Waals surface area (Å²) in [6.45, 7) is 6.76. The SMILES string of the molecule is C[C@H]1CN(C(=O)C[C@H](C)c2ccncc2)CCN1. The molecule has 4 heteroatoms. The van der Waals surface area contributed by atoms with E-state index in [0.29, 0.717) is 12.5 Å². The Morgan fingerprint density at radius 2 is 2.28 bits per heavy atom. The van der Waals surface area contributed by atoms with Gasteiger partial charge in [-0.15, -0.1) is 0 Å². The number of rotatable bonds is 3. The van der Waals surface area contributed by atoms with Crippen molar-refractivity contribution in [3.63, 3.8) is 0 Å². The lowest BCUT2D eigenvalue weighted by Crippen LogP contribution is -2.51. The second kappa shape index (κ2) is 5.96. The lowest BCUT2D eigenvalue weighted by Gasteiger charge is -2.32. The normalized spacial score (nSPS) is 21.7. The zero-order valence-corrected chi connectivity index (χ0v) is 11.1. The van der Waals surface area contributed by atoms with E-state index >= 15 is 0 Å². The van der Waals surface area contributed by atoms with Crippen molar-refractivity contribution >= 4 is 5.91 Å². The molecule has 2 rings (SSSR count). The topological polar surface area (TPSA) is 45.2 Å². The van der Waals surface area contributed by atoms with Gasteiger partial charge in [-0.3, -0.25) is 9.78 Å². The number of hydrogen-bond donors (Lipinski definition) is 1. The molecule has 1 fully saturated rings. The molecule has 0 unspecified atom stereocenters. The number of amides is 1. The summed E-state index contributed by atoms with van der Waals surface area (Å²) in [6.07, 6.45) is 4.14. The van der Waals surface area contributed by atoms with Crippen molar-refractivity contribution in [3.05, 3.63) is 30.1 Å². The van der Waals surface area contributed by atoms with Gasteiger partial charge in [0.2, 0.25) is 5.91 Å². The first-order valence-electron chi connectivity index (χ1n) is 6.58. The van der Waals surface area contributed by atoms with Gasteiger partial charge in [-0.25, -0.2) is 0 Å². The van der Waals surface area contributed by atoms with Crippen LogP contribution in [0.2, 0.25) is 0 Å². The Morgan fingerprint density at radius 1 is 1.56 bits per heavy atom. The number of carbonyl (C=O) groups excluding carboxylic acids is 1. The molecule has 1 amide bonds. The fraction of sp³-hybridized carbons (Fsp3) is 0.571. The van der Waals surface area contributed by atoms with Gasteiger partial charge in [0, 0.05) is 44.5 Å². The largest absolute Gasteiger partial charge is 0.340 e. The Morgan fingerprint density at radius 3 is 2.94 bits per heavy atom. The van der Waals surface area contributed by atoms with Gasteiger partial charge in [-0.2, -0.15) is 0 Å². The van der Waals surface area contributed by atoms with Crippen molar-refractivity contribution < 1.29 is 4.79 Å². The summed E-state index contributed by atoms with van der Waals surface area (Å²) in [5.41, 5.74) is 1.18. The lowest BCUT2D eigenvalue weighted by molar-refractivity contribution is -0.132. The Balaban J connectivity index is 1.91. The van der Waals surface area contributed by atoms with Crippen LogP contribution in [0.3, 0.4) is 0 Å². The second-order valence-corrected chi connectivity index (χ2v) is 5.08. The van der Waals surface area contributed by atoms with Crippen LogP contribution in [0, 0.1) is 0 Å². The van der Waals surface area contributed by atoms with Gasteiger partial charge in [0.05, 0.1) is 0 Å². The molecule has 0 spiro atoms. The number of pyridine rings is 1. The highest BCUT2D eigenvalue weighted by Crippen LogP contribution is 2.19. The van der Waals surface area contributed by atoms with Gasteiger partial charge in [0.25, 0.3) is 0 Å². The van der Waals surface area contributed by atoms with E-state index in [-0.39, 0.29) is 11.8 Å². The maximum Gasteiger partial charge on any atom is 0.223 e. The first kappa shape index (κ1) is 13.0. The first-order valence-corrected chi connectivity index (χ1v) is 6.58. The van der Waals surface area contributed by atoms with Gasteiger partial charge in [0.1, 0.15) is 0 Å². The Kier molecular flexibility index (Phi) is 4.31. The first-order chi connectivity index (χ1) is 8.66. The second-order valence-electron chi connectivity index (χ2n) is 5.08. The minimum atomic E-state index is 0.255. The third kappa shape index (κ3) is 3.29. The van der Waals surface area contributed by atoms with Crippen molar-refractivity contribution in [2.24, 2.45) is 0 Å². The fourth-order valence-corrected chi connectivity index (χ4v) is 2.36. The highest BCUT2D eigenvalue weighted by atomic mass is 16.2. The molecule has 0 saturated carbocycles. The molecular weight excluding hydrogens is 226 g/mol. The Labute approximate surface area is 108 Å². The summed E-state index contributed by atoms with van der Waals surface area (Å²) in [6, 6.07) is 4.37. The van der Waals surface area contributed by atoms with E-state index < -0.39 is 0 Å². The predicted octanol–water partition coefficient (Wildman–Crippen LogP) is 1.40. The van der Waals surface area contributed by atoms with Crippen molar-refractivity contribution in [3.8, 4) is 0 Å². The summed E-state index contributed by atoms with van der Waals surface area (Å²) >= 11 is 0. The van der Waals surface area contributed by atoms with E-state index in [9.17, 15) is 4.79 Å². The van der Waals surface area contributed by atoms with Crippen molar-refractivity contribution in [1.29, 1.82) is 0 Å². The molecule has 18 heavy (non-hydrogen) atoms. The van der Waals surface area contributed by atoms with Gasteiger partial charge in [0.15, 0.2) is 0 Å². The molecule has 1 N–H and O–H groups in total. The number of carbonyl (C=O) groups is 1. The van der Waals surface area contributed by atoms with Crippen LogP contribution in [0.25, 0.3) is 0 Å². The summed E-state index contributed by atoms with van der Waals surface area (Å²) in [5, 5.41) is 3.35. The van der Waals surface area contributed by atoms with Crippen molar-refractivity contribution in [1.82, 2.24) is 15.2 Å². The fourth-order valence-electron chi connectivity index (χ4n) is 2.36. The zero-order chi connectivity index (χ0) is 13.0. The molecule has 2 atom stereocenters. The van der Waals surface area contributed by atoms with Crippen molar-refractivity contribution in [2.45, 2.75) is 32.2 Å². The summed E-state index contributed by atoms with van der Waals surface area (Å²) in [7, 11) is 0. The monoisotopic (exact) mass is 247 g/mol. The molecule has 0 aromatic carbocycles. The molecule has 1 aliphatic rings. The number of aromatic nitrogens is 1. The molecule has 1 aromatic heterocycles. The summed E-state index contributed by atoms with van der Waals surface area (Å²) in [4.78, 5) is 18.2. The molecule has 2 heterocycles. The van der Waals surface area contributed by atoms with E-state index in [4.69, 9.17) is 0 Å². The van der Waals surface area contributed by atoms with Crippen LogP contribution in [-0.2, 0) is 4.79 Å². The maximum atomic E-state index is 12.2. The van der Waals surface area contributed by atoms with E-state index in [2.05, 4.69) is 24.1 Å². The highest BCUT2D eigenvalue weighted by Gasteiger charge is 2.22. The quantitative estimate of drug-likeness (QED) is 0.878. The van der Waals surface area contributed by atoms with Crippen LogP contribution in [0.1, 0.15) is 31.7 Å². The van der Waals surface area contributed by atoms with Crippen LogP contribution in [0.15, 0.2) is 24.5 Å². The maximum absolute atomic E-state index is 12.2. The Bertz CT molecular complexity index is 393. The third-order valence-corrected chi connectivity index (χ3v) is 3.48. The molecule has 1 saturated heterocycles. The number of nitrogens with one attached hydrogen (secondary N) is 1. The molecule has 4 nitrogen and oxygen atoms in total. The van der Waals surface area contributed by atoms with Gasteiger partial charge >= 0.3 is 0 Å². The molecule has 98 valence electrons. The molecule has 0 aliphatic carbocycles. The van der Waals surface area contributed by atoms with E-state index in [1.165, 1.54) is 5.56 Å². The van der Waals surface area contributed by atoms with Crippen LogP contribution in [0.4, 0.5) is 0 Å². The van der Waals surface area contributed by atoms with Crippen LogP contribution < -0.4 is 5.32 Å². The molecule has 0 radical (unpaired) electrons. The minimum absolute atomic E-state index is 0.255. The number of nitrogens with zero attached hydrogens (tertiary/aromatic N) is 2. The van der Waals surface area contributed by atoms with E-state index in [1.54, 1.807) is 12.4 Å². The van der Waals surface area contributed by atoms with E-state index in [0.717, 1.165) is 19.6 Å². The van der Waals surface area contributed by atoms with E-state index in [1.807, 2.05) is 17.0 Å². The minimum Gasteiger partial charge on any atom is -0.340 e. The van der Waals surface area contributed by atoms with Crippen molar-refractivity contribution in [2.75, 3.05) is 19.6 Å². The van der Waals surface area contributed by atoms with Crippen LogP contribution in [-0.4, -0.2) is 41.5 Å². The van der Waals surface area contributed by atoms with Crippen LogP contribution >= 0.6 is 0 Å². The Hall–Kier alpha value is -1.42. The summed E-state index contributed by atoms with van der Waals surface area (Å²) < 4.78 is 0. The molecule has 1 aliphatic heterocycles. The number of piperazine rings is 1. The zero-order valence-electron chi connectivity index (χ0n) is 11.1. The van der Waals surface area contributed by atoms with Gasteiger partial charge in [-0.05, 0) is 30.5 Å².